The van der Waals surface area contributed by atoms with Gasteiger partial charge in [0.15, 0.2) is 0 Å². The molecule has 90 valence electrons. The van der Waals surface area contributed by atoms with Crippen LogP contribution in [0.1, 0.15) is 24.4 Å². The summed E-state index contributed by atoms with van der Waals surface area (Å²) in [7, 11) is 0. The number of benzene rings is 1. The van der Waals surface area contributed by atoms with E-state index >= 15 is 0 Å². The number of aromatic nitrogens is 3. The Morgan fingerprint density at radius 2 is 2.29 bits per heavy atom. The Morgan fingerprint density at radius 1 is 1.53 bits per heavy atom. The lowest BCUT2D eigenvalue weighted by atomic mass is 10.2. The third-order valence-electron chi connectivity index (χ3n) is 2.35. The minimum Gasteiger partial charge on any atom is -0.219 e. The molecule has 2 aromatic rings. The van der Waals surface area contributed by atoms with Crippen molar-refractivity contribution in [1.29, 1.82) is 0 Å². The monoisotopic (exact) mass is 365 g/mol. The predicted molar refractivity (Wildman–Crippen MR) is 72.9 cm³/mol. The topological polar surface area (TPSA) is 30.7 Å². The van der Waals surface area contributed by atoms with Gasteiger partial charge in [-0.2, -0.15) is 0 Å². The van der Waals surface area contributed by atoms with Gasteiger partial charge in [-0.05, 0) is 47.2 Å². The van der Waals surface area contributed by atoms with Gasteiger partial charge in [0.1, 0.15) is 11.5 Å². The summed E-state index contributed by atoms with van der Waals surface area (Å²) in [6.45, 7) is 1.98. The Labute approximate surface area is 117 Å². The van der Waals surface area contributed by atoms with E-state index in [-0.39, 0.29) is 11.2 Å². The van der Waals surface area contributed by atoms with Crippen LogP contribution in [-0.2, 0) is 0 Å². The molecule has 0 bridgehead atoms. The van der Waals surface area contributed by atoms with Crippen LogP contribution in [0.3, 0.4) is 0 Å². The first-order chi connectivity index (χ1) is 8.11. The molecule has 17 heavy (non-hydrogen) atoms. The van der Waals surface area contributed by atoms with Crippen LogP contribution in [0.5, 0.6) is 0 Å². The molecule has 1 aromatic heterocycles. The average Bonchev–Trinajstić information content (AvgIpc) is 2.77. The minimum atomic E-state index is -0.262. The fraction of sp³-hybridized carbons (Fsp3) is 0.273. The van der Waals surface area contributed by atoms with Crippen molar-refractivity contribution in [2.45, 2.75) is 18.7 Å². The van der Waals surface area contributed by atoms with Gasteiger partial charge in [-0.25, -0.2) is 9.07 Å². The Bertz CT molecular complexity index is 529. The molecule has 1 heterocycles. The van der Waals surface area contributed by atoms with Crippen molar-refractivity contribution >= 4 is 34.2 Å². The highest BCUT2D eigenvalue weighted by molar-refractivity contribution is 14.1. The Balaban J connectivity index is 2.37. The molecule has 2 rings (SSSR count). The van der Waals surface area contributed by atoms with E-state index in [0.717, 1.165) is 21.4 Å². The van der Waals surface area contributed by atoms with E-state index in [1.165, 1.54) is 12.1 Å². The molecule has 0 spiro atoms. The summed E-state index contributed by atoms with van der Waals surface area (Å²) in [6.07, 6.45) is 2.57. The molecular formula is C11H10ClFIN3. The molecule has 0 aliphatic heterocycles. The van der Waals surface area contributed by atoms with Gasteiger partial charge in [0.05, 0.1) is 17.3 Å². The predicted octanol–water partition coefficient (Wildman–Crippen LogP) is 3.70. The third kappa shape index (κ3) is 2.77. The van der Waals surface area contributed by atoms with Crippen LogP contribution >= 0.6 is 34.2 Å². The van der Waals surface area contributed by atoms with Gasteiger partial charge < -0.3 is 0 Å². The number of nitrogens with zero attached hydrogens (tertiary/aromatic N) is 3. The van der Waals surface area contributed by atoms with Gasteiger partial charge in [-0.3, -0.25) is 0 Å². The van der Waals surface area contributed by atoms with Crippen molar-refractivity contribution in [3.05, 3.63) is 39.5 Å². The molecule has 0 radical (unpaired) electrons. The van der Waals surface area contributed by atoms with Gasteiger partial charge >= 0.3 is 0 Å². The summed E-state index contributed by atoms with van der Waals surface area (Å²) in [5.41, 5.74) is 1.53. The molecule has 0 saturated carbocycles. The van der Waals surface area contributed by atoms with Gasteiger partial charge in [0, 0.05) is 3.57 Å². The molecule has 1 unspecified atom stereocenters. The quantitative estimate of drug-likeness (QED) is 0.613. The van der Waals surface area contributed by atoms with E-state index in [2.05, 4.69) is 32.9 Å². The van der Waals surface area contributed by atoms with Crippen LogP contribution in [0.4, 0.5) is 4.39 Å². The molecule has 3 nitrogen and oxygen atoms in total. The van der Waals surface area contributed by atoms with Crippen LogP contribution < -0.4 is 0 Å². The normalized spacial score (nSPS) is 12.7. The van der Waals surface area contributed by atoms with Gasteiger partial charge in [-0.15, -0.1) is 16.7 Å². The largest absolute Gasteiger partial charge is 0.219 e. The highest BCUT2D eigenvalue weighted by atomic mass is 127. The minimum absolute atomic E-state index is 0.137. The van der Waals surface area contributed by atoms with Gasteiger partial charge in [0.2, 0.25) is 0 Å². The lowest BCUT2D eigenvalue weighted by Gasteiger charge is -2.03. The Kier molecular flexibility index (Phi) is 3.98. The summed E-state index contributed by atoms with van der Waals surface area (Å²) in [5, 5.41) is 7.87. The van der Waals surface area contributed by atoms with Crippen LogP contribution in [0, 0.1) is 9.39 Å². The highest BCUT2D eigenvalue weighted by Gasteiger charge is 2.12. The molecule has 0 N–H and O–H groups in total. The van der Waals surface area contributed by atoms with Crippen LogP contribution in [0.2, 0.25) is 0 Å². The Hall–Kier alpha value is -0.690. The lowest BCUT2D eigenvalue weighted by Crippen LogP contribution is -1.98. The first-order valence-electron chi connectivity index (χ1n) is 5.13. The zero-order valence-electron chi connectivity index (χ0n) is 9.07. The molecular weight excluding hydrogens is 355 g/mol. The van der Waals surface area contributed by atoms with Crippen LogP contribution in [0.15, 0.2) is 24.4 Å². The molecule has 0 amide bonds. The van der Waals surface area contributed by atoms with Gasteiger partial charge in [-0.1, -0.05) is 12.1 Å². The fourth-order valence-corrected chi connectivity index (χ4v) is 2.24. The molecule has 1 aromatic carbocycles. The number of hydrogen-bond acceptors (Lipinski definition) is 2. The number of rotatable bonds is 3. The summed E-state index contributed by atoms with van der Waals surface area (Å²) in [6, 6.07) is 4.52. The molecule has 6 heteroatoms. The Morgan fingerprint density at radius 3 is 2.94 bits per heavy atom. The van der Waals surface area contributed by atoms with Crippen molar-refractivity contribution in [1.82, 2.24) is 15.0 Å². The fourth-order valence-electron chi connectivity index (χ4n) is 1.41. The van der Waals surface area contributed by atoms with Crippen molar-refractivity contribution in [2.24, 2.45) is 0 Å². The van der Waals surface area contributed by atoms with Gasteiger partial charge in [0.25, 0.3) is 0 Å². The molecule has 1 atom stereocenters. The van der Waals surface area contributed by atoms with E-state index in [1.54, 1.807) is 16.9 Å². The second-order valence-corrected chi connectivity index (χ2v) is 5.25. The maximum absolute atomic E-state index is 13.0. The van der Waals surface area contributed by atoms with Crippen LogP contribution in [-0.4, -0.2) is 15.0 Å². The molecule has 0 fully saturated rings. The summed E-state index contributed by atoms with van der Waals surface area (Å²) in [5.74, 6) is -0.262. The lowest BCUT2D eigenvalue weighted by molar-refractivity contribution is 0.625. The zero-order valence-corrected chi connectivity index (χ0v) is 12.0. The average molecular weight is 366 g/mol. The van der Waals surface area contributed by atoms with Crippen molar-refractivity contribution in [3.8, 4) is 5.69 Å². The number of alkyl halides is 1. The maximum Gasteiger partial charge on any atom is 0.124 e. The number of halogens is 3. The standard InChI is InChI=1S/C11H10ClFIN3/c1-2-8(12)10-6-17(16-15-10)11-4-3-7(13)5-9(11)14/h3-6,8H,2H2,1H3. The smallest absolute Gasteiger partial charge is 0.124 e. The van der Waals surface area contributed by atoms with Crippen molar-refractivity contribution in [2.75, 3.05) is 0 Å². The van der Waals surface area contributed by atoms with Crippen molar-refractivity contribution in [3.63, 3.8) is 0 Å². The van der Waals surface area contributed by atoms with E-state index in [1.807, 2.05) is 6.92 Å². The van der Waals surface area contributed by atoms with E-state index < -0.39 is 0 Å². The zero-order chi connectivity index (χ0) is 12.4. The van der Waals surface area contributed by atoms with E-state index in [4.69, 9.17) is 11.6 Å². The third-order valence-corrected chi connectivity index (χ3v) is 3.74. The SMILES string of the molecule is CCC(Cl)c1cn(-c2ccc(F)cc2I)nn1. The van der Waals surface area contributed by atoms with E-state index in [0.29, 0.717) is 0 Å². The van der Waals surface area contributed by atoms with E-state index in [9.17, 15) is 4.39 Å². The highest BCUT2D eigenvalue weighted by Crippen LogP contribution is 2.23. The molecule has 0 aliphatic rings. The van der Waals surface area contributed by atoms with Crippen LogP contribution in [0.25, 0.3) is 5.69 Å². The molecule has 0 saturated heterocycles. The molecule has 0 aliphatic carbocycles. The first-order valence-corrected chi connectivity index (χ1v) is 6.65. The first kappa shape index (κ1) is 12.8. The summed E-state index contributed by atoms with van der Waals surface area (Å²) in [4.78, 5) is 0. The number of hydrogen-bond donors (Lipinski definition) is 0. The summed E-state index contributed by atoms with van der Waals surface area (Å²) >= 11 is 8.14. The summed E-state index contributed by atoms with van der Waals surface area (Å²) < 4.78 is 15.4. The second-order valence-electron chi connectivity index (χ2n) is 3.56. The second kappa shape index (κ2) is 5.30. The maximum atomic E-state index is 13.0. The van der Waals surface area contributed by atoms with Crippen molar-refractivity contribution < 1.29 is 4.39 Å².